The fourth-order valence-corrected chi connectivity index (χ4v) is 4.82. The second-order valence-electron chi connectivity index (χ2n) is 10.0. The average molecular weight is 600 g/mol. The van der Waals surface area contributed by atoms with Gasteiger partial charge in [-0.1, -0.05) is 18.2 Å². The summed E-state index contributed by atoms with van der Waals surface area (Å²) in [4.78, 5) is 41.1. The van der Waals surface area contributed by atoms with Gasteiger partial charge in [0.25, 0.3) is 5.56 Å². The number of halogens is 1. The third-order valence-electron chi connectivity index (χ3n) is 7.08. The molecule has 1 aliphatic heterocycles. The van der Waals surface area contributed by atoms with Crippen molar-refractivity contribution in [2.45, 2.75) is 19.6 Å². The van der Waals surface area contributed by atoms with Crippen molar-refractivity contribution in [2.24, 2.45) is 0 Å². The Labute approximate surface area is 251 Å². The van der Waals surface area contributed by atoms with E-state index in [0.29, 0.717) is 53.5 Å². The van der Waals surface area contributed by atoms with E-state index >= 15 is 0 Å². The standard InChI is InChI=1S/C16H13FN2O2.C16H17N3O4/c1-20-11-3-4-12-14(9-11)19-7-6-15(12)21-16-5-2-10(18)8-13(16)17;1-11-14(10-20)15(21)19(12-6-4-3-5-7-12)18(11)9-13-8-17(2)16(22)23-13/h2-9H,18H2,1H3;3-7,10,13H,8-9H2,1-2H3. The van der Waals surface area contributed by atoms with Gasteiger partial charge in [0, 0.05) is 42.1 Å². The number of hydrogen-bond acceptors (Lipinski definition) is 8. The molecule has 5 aromatic rings. The molecule has 6 rings (SSSR count). The molecule has 2 N–H and O–H groups in total. The number of fused-ring (bicyclic) bond motifs is 1. The highest BCUT2D eigenvalue weighted by molar-refractivity contribution is 5.86. The van der Waals surface area contributed by atoms with E-state index in [0.717, 1.165) is 5.39 Å². The first-order chi connectivity index (χ1) is 21.2. The number of ether oxygens (including phenoxy) is 3. The van der Waals surface area contributed by atoms with Crippen LogP contribution in [0.2, 0.25) is 0 Å². The van der Waals surface area contributed by atoms with Crippen LogP contribution in [0.5, 0.6) is 17.2 Å². The zero-order valence-electron chi connectivity index (χ0n) is 24.3. The molecule has 0 bridgehead atoms. The number of anilines is 1. The van der Waals surface area contributed by atoms with Crippen LogP contribution in [0.3, 0.4) is 0 Å². The number of methoxy groups -OCH3 is 1. The summed E-state index contributed by atoms with van der Waals surface area (Å²) in [5, 5.41) is 0.773. The van der Waals surface area contributed by atoms with E-state index in [9.17, 15) is 18.8 Å². The SMILES string of the molecule is COc1ccc2c(Oc3ccc(N)cc3F)ccnc2c1.Cc1c(C=O)c(=O)n(-c2ccccc2)n1CC1CN(C)C(=O)O1. The molecule has 1 amide bonds. The number of nitrogens with two attached hydrogens (primary N) is 1. The lowest BCUT2D eigenvalue weighted by Crippen LogP contribution is -2.28. The number of aromatic nitrogens is 3. The second kappa shape index (κ2) is 12.7. The Kier molecular flexibility index (Phi) is 8.61. The maximum absolute atomic E-state index is 13.8. The Morgan fingerprint density at radius 2 is 1.84 bits per heavy atom. The molecule has 1 aliphatic rings. The fourth-order valence-electron chi connectivity index (χ4n) is 4.82. The van der Waals surface area contributed by atoms with Gasteiger partial charge in [-0.25, -0.2) is 13.9 Å². The number of nitrogen functional groups attached to an aromatic ring is 1. The number of carbonyl (C=O) groups excluding carboxylic acids is 2. The van der Waals surface area contributed by atoms with E-state index in [2.05, 4.69) is 4.98 Å². The molecule has 0 aliphatic carbocycles. The second-order valence-corrected chi connectivity index (χ2v) is 10.0. The predicted molar refractivity (Wildman–Crippen MR) is 162 cm³/mol. The van der Waals surface area contributed by atoms with Crippen LogP contribution in [0.4, 0.5) is 14.9 Å². The lowest BCUT2D eigenvalue weighted by Gasteiger charge is -2.16. The number of cyclic esters (lactones) is 1. The third-order valence-corrected chi connectivity index (χ3v) is 7.08. The normalized spacial score (nSPS) is 14.1. The van der Waals surface area contributed by atoms with Crippen LogP contribution in [-0.2, 0) is 11.3 Å². The molecule has 11 nitrogen and oxygen atoms in total. The average Bonchev–Trinajstić information content (AvgIpc) is 3.47. The summed E-state index contributed by atoms with van der Waals surface area (Å²) in [6.07, 6.45) is 1.42. The van der Waals surface area contributed by atoms with E-state index in [-0.39, 0.29) is 29.1 Å². The monoisotopic (exact) mass is 599 g/mol. The third kappa shape index (κ3) is 6.09. The summed E-state index contributed by atoms with van der Waals surface area (Å²) in [5.41, 5.74) is 7.54. The van der Waals surface area contributed by atoms with Crippen molar-refractivity contribution in [1.29, 1.82) is 0 Å². The van der Waals surface area contributed by atoms with E-state index < -0.39 is 5.82 Å². The van der Waals surface area contributed by atoms with Gasteiger partial charge in [-0.15, -0.1) is 0 Å². The lowest BCUT2D eigenvalue weighted by molar-refractivity contribution is 0.111. The van der Waals surface area contributed by atoms with Crippen molar-refractivity contribution in [3.63, 3.8) is 0 Å². The molecule has 226 valence electrons. The molecule has 1 fully saturated rings. The van der Waals surface area contributed by atoms with Crippen molar-refractivity contribution in [3.05, 3.63) is 106 Å². The smallest absolute Gasteiger partial charge is 0.410 e. The van der Waals surface area contributed by atoms with Crippen LogP contribution in [0.25, 0.3) is 16.6 Å². The molecule has 3 heterocycles. The number of nitrogens with zero attached hydrogens (tertiary/aromatic N) is 4. The fraction of sp³-hybridized carbons (Fsp3) is 0.188. The molecular weight excluding hydrogens is 569 g/mol. The number of aldehydes is 1. The van der Waals surface area contributed by atoms with Gasteiger partial charge in [-0.05, 0) is 49.4 Å². The summed E-state index contributed by atoms with van der Waals surface area (Å²) in [6, 6.07) is 20.5. The van der Waals surface area contributed by atoms with E-state index in [1.807, 2.05) is 24.3 Å². The number of rotatable bonds is 7. The highest BCUT2D eigenvalue weighted by Crippen LogP contribution is 2.32. The number of para-hydroxylation sites is 1. The first-order valence-corrected chi connectivity index (χ1v) is 13.6. The Morgan fingerprint density at radius 3 is 2.50 bits per heavy atom. The van der Waals surface area contributed by atoms with Crippen molar-refractivity contribution in [3.8, 4) is 22.9 Å². The summed E-state index contributed by atoms with van der Waals surface area (Å²) in [6.45, 7) is 2.46. The van der Waals surface area contributed by atoms with Crippen molar-refractivity contribution in [1.82, 2.24) is 19.2 Å². The van der Waals surface area contributed by atoms with Gasteiger partial charge in [0.05, 0.1) is 31.4 Å². The molecule has 1 saturated heterocycles. The first-order valence-electron chi connectivity index (χ1n) is 13.6. The number of carbonyl (C=O) groups is 2. The number of amides is 1. The topological polar surface area (TPSA) is 131 Å². The van der Waals surface area contributed by atoms with E-state index in [4.69, 9.17) is 19.9 Å². The molecule has 2 aromatic heterocycles. The summed E-state index contributed by atoms with van der Waals surface area (Å²) >= 11 is 0. The van der Waals surface area contributed by atoms with Gasteiger partial charge < -0.3 is 24.8 Å². The maximum atomic E-state index is 13.8. The van der Waals surface area contributed by atoms with E-state index in [1.54, 1.807) is 68.4 Å². The molecule has 0 spiro atoms. The Balaban J connectivity index is 0.000000175. The van der Waals surface area contributed by atoms with Crippen LogP contribution < -0.4 is 20.8 Å². The quantitative estimate of drug-likeness (QED) is 0.205. The van der Waals surface area contributed by atoms with Gasteiger partial charge in [0.15, 0.2) is 17.9 Å². The number of benzene rings is 3. The van der Waals surface area contributed by atoms with Gasteiger partial charge >= 0.3 is 6.09 Å². The Morgan fingerprint density at radius 1 is 1.07 bits per heavy atom. The van der Waals surface area contributed by atoms with Gasteiger partial charge in [-0.2, -0.15) is 0 Å². The predicted octanol–water partition coefficient (Wildman–Crippen LogP) is 4.97. The molecule has 12 heteroatoms. The largest absolute Gasteiger partial charge is 0.497 e. The van der Waals surface area contributed by atoms with Crippen LogP contribution >= 0.6 is 0 Å². The molecule has 0 saturated carbocycles. The zero-order chi connectivity index (χ0) is 31.4. The minimum Gasteiger partial charge on any atom is -0.497 e. The molecule has 1 atom stereocenters. The van der Waals surface area contributed by atoms with Crippen molar-refractivity contribution < 1.29 is 28.2 Å². The number of likely N-dealkylation sites (N-methyl/N-ethyl adjacent to an activating group) is 1. The first kappa shape index (κ1) is 29.8. The van der Waals surface area contributed by atoms with Crippen molar-refractivity contribution >= 4 is 29.0 Å². The minimum absolute atomic E-state index is 0.117. The molecular formula is C32H30FN5O6. The minimum atomic E-state index is -0.506. The summed E-state index contributed by atoms with van der Waals surface area (Å²) in [5.74, 6) is 0.832. The lowest BCUT2D eigenvalue weighted by atomic mass is 10.2. The zero-order valence-corrected chi connectivity index (χ0v) is 24.3. The van der Waals surface area contributed by atoms with E-state index in [1.165, 1.54) is 21.7 Å². The molecule has 3 aromatic carbocycles. The molecule has 44 heavy (non-hydrogen) atoms. The molecule has 0 radical (unpaired) electrons. The Bertz CT molecular complexity index is 1890. The number of pyridine rings is 1. The summed E-state index contributed by atoms with van der Waals surface area (Å²) < 4.78 is 33.0. The summed E-state index contributed by atoms with van der Waals surface area (Å²) in [7, 11) is 3.25. The van der Waals surface area contributed by atoms with Crippen LogP contribution in [0.15, 0.2) is 83.8 Å². The van der Waals surface area contributed by atoms with Gasteiger partial charge in [0.1, 0.15) is 23.2 Å². The van der Waals surface area contributed by atoms with Crippen molar-refractivity contribution in [2.75, 3.05) is 26.4 Å². The Hall–Kier alpha value is -5.65. The number of hydrogen-bond donors (Lipinski definition) is 1. The van der Waals surface area contributed by atoms with Gasteiger partial charge in [-0.3, -0.25) is 19.3 Å². The van der Waals surface area contributed by atoms with Crippen LogP contribution in [-0.4, -0.2) is 58.4 Å². The van der Waals surface area contributed by atoms with Gasteiger partial charge in [0.2, 0.25) is 0 Å². The molecule has 1 unspecified atom stereocenters. The highest BCUT2D eigenvalue weighted by Gasteiger charge is 2.30. The maximum Gasteiger partial charge on any atom is 0.410 e. The highest BCUT2D eigenvalue weighted by atomic mass is 19.1. The van der Waals surface area contributed by atoms with Crippen LogP contribution in [0.1, 0.15) is 16.1 Å². The van der Waals surface area contributed by atoms with Crippen LogP contribution in [0, 0.1) is 12.7 Å².